The molecule has 3 heterocycles. The molecule has 2 N–H and O–H groups in total. The van der Waals surface area contributed by atoms with Crippen molar-refractivity contribution in [3.8, 4) is 10.6 Å². The molecule has 27 heavy (non-hydrogen) atoms. The third-order valence-corrected chi connectivity index (χ3v) is 5.94. The van der Waals surface area contributed by atoms with E-state index in [9.17, 15) is 5.11 Å². The summed E-state index contributed by atoms with van der Waals surface area (Å²) in [5.74, 6) is 1.76. The van der Waals surface area contributed by atoms with E-state index in [-0.39, 0.29) is 5.92 Å². The van der Waals surface area contributed by atoms with Crippen LogP contribution in [0, 0.1) is 19.8 Å². The Morgan fingerprint density at radius 2 is 2.00 bits per heavy atom. The zero-order valence-electron chi connectivity index (χ0n) is 16.6. The van der Waals surface area contributed by atoms with Gasteiger partial charge in [0, 0.05) is 12.7 Å². The largest absolute Gasteiger partial charge is 0.390 e. The van der Waals surface area contributed by atoms with Crippen molar-refractivity contribution in [1.29, 1.82) is 0 Å². The van der Waals surface area contributed by atoms with E-state index >= 15 is 0 Å². The molecule has 0 spiro atoms. The van der Waals surface area contributed by atoms with Gasteiger partial charge < -0.3 is 10.4 Å². The quantitative estimate of drug-likeness (QED) is 0.628. The number of anilines is 1. The Kier molecular flexibility index (Phi) is 5.72. The number of aromatic nitrogens is 4. The van der Waals surface area contributed by atoms with Crippen LogP contribution in [-0.4, -0.2) is 37.2 Å². The second kappa shape index (κ2) is 7.86. The van der Waals surface area contributed by atoms with Crippen molar-refractivity contribution in [2.45, 2.75) is 53.1 Å². The van der Waals surface area contributed by atoms with E-state index in [0.29, 0.717) is 0 Å². The minimum atomic E-state index is -0.684. The average Bonchev–Trinajstić information content (AvgIpc) is 3.00. The summed E-state index contributed by atoms with van der Waals surface area (Å²) in [6, 6.07) is 1.98. The van der Waals surface area contributed by atoms with Crippen LogP contribution in [0.4, 0.5) is 5.82 Å². The van der Waals surface area contributed by atoms with Crippen molar-refractivity contribution in [3.05, 3.63) is 30.0 Å². The molecule has 6 nitrogen and oxygen atoms in total. The molecule has 1 unspecified atom stereocenters. The van der Waals surface area contributed by atoms with Crippen LogP contribution in [0.5, 0.6) is 0 Å². The summed E-state index contributed by atoms with van der Waals surface area (Å²) in [5, 5.41) is 14.7. The molecular formula is C20H27N5OS. The first-order valence-electron chi connectivity index (χ1n) is 9.32. The zero-order chi connectivity index (χ0) is 19.6. The third-order valence-electron chi connectivity index (χ3n) is 4.88. The van der Waals surface area contributed by atoms with Crippen LogP contribution in [0.3, 0.4) is 0 Å². The normalized spacial score (nSPS) is 13.1. The summed E-state index contributed by atoms with van der Waals surface area (Å²) in [4.78, 5) is 18.1. The van der Waals surface area contributed by atoms with Gasteiger partial charge in [-0.25, -0.2) is 15.0 Å². The smallest absolute Gasteiger partial charge is 0.140 e. The summed E-state index contributed by atoms with van der Waals surface area (Å²) >= 11 is 1.62. The number of rotatable bonds is 7. The van der Waals surface area contributed by atoms with E-state index in [4.69, 9.17) is 4.98 Å². The molecule has 0 saturated carbocycles. The molecular weight excluding hydrogens is 358 g/mol. The van der Waals surface area contributed by atoms with Crippen LogP contribution >= 0.6 is 11.3 Å². The molecule has 3 rings (SSSR count). The van der Waals surface area contributed by atoms with Gasteiger partial charge in [-0.3, -0.25) is 4.98 Å². The summed E-state index contributed by atoms with van der Waals surface area (Å²) in [6.45, 7) is 10.5. The molecule has 0 aliphatic carbocycles. The first-order chi connectivity index (χ1) is 12.8. The van der Waals surface area contributed by atoms with Gasteiger partial charge in [-0.15, -0.1) is 11.3 Å². The van der Waals surface area contributed by atoms with Gasteiger partial charge in [0.1, 0.15) is 22.2 Å². The third kappa shape index (κ3) is 4.42. The average molecular weight is 386 g/mol. The molecule has 0 aliphatic heterocycles. The van der Waals surface area contributed by atoms with E-state index in [1.165, 1.54) is 0 Å². The summed E-state index contributed by atoms with van der Waals surface area (Å²) in [6.07, 6.45) is 5.36. The number of nitrogens with one attached hydrogen (secondary N) is 1. The van der Waals surface area contributed by atoms with E-state index in [1.54, 1.807) is 23.7 Å². The lowest BCUT2D eigenvalue weighted by atomic mass is 9.86. The number of thiazole rings is 1. The fourth-order valence-corrected chi connectivity index (χ4v) is 4.44. The Labute approximate surface area is 164 Å². The highest BCUT2D eigenvalue weighted by atomic mass is 32.1. The van der Waals surface area contributed by atoms with Gasteiger partial charge in [0.15, 0.2) is 0 Å². The fourth-order valence-electron chi connectivity index (χ4n) is 3.41. The van der Waals surface area contributed by atoms with Gasteiger partial charge in [0.2, 0.25) is 0 Å². The Bertz CT molecular complexity index is 899. The number of hydrogen-bond acceptors (Lipinski definition) is 7. The van der Waals surface area contributed by atoms with Crippen molar-refractivity contribution >= 4 is 27.4 Å². The van der Waals surface area contributed by atoms with Crippen LogP contribution in [0.25, 0.3) is 20.8 Å². The fraction of sp³-hybridized carbons (Fsp3) is 0.500. The lowest BCUT2D eigenvalue weighted by molar-refractivity contribution is 0.0130. The number of fused-ring (bicyclic) bond motifs is 1. The van der Waals surface area contributed by atoms with Crippen LogP contribution in [0.15, 0.2) is 18.5 Å². The second-order valence-corrected chi connectivity index (χ2v) is 8.45. The lowest BCUT2D eigenvalue weighted by Gasteiger charge is -2.28. The molecule has 144 valence electrons. The summed E-state index contributed by atoms with van der Waals surface area (Å²) < 4.78 is 1.10. The zero-order valence-corrected chi connectivity index (χ0v) is 17.4. The molecule has 3 aromatic rings. The van der Waals surface area contributed by atoms with Crippen molar-refractivity contribution in [3.63, 3.8) is 0 Å². The van der Waals surface area contributed by atoms with Crippen LogP contribution in [0.2, 0.25) is 0 Å². The maximum Gasteiger partial charge on any atom is 0.140 e. The number of aliphatic hydroxyl groups is 1. The second-order valence-electron chi connectivity index (χ2n) is 7.42. The minimum Gasteiger partial charge on any atom is -0.390 e. The van der Waals surface area contributed by atoms with Crippen LogP contribution in [0.1, 0.15) is 45.1 Å². The molecule has 0 saturated heterocycles. The molecule has 0 aliphatic rings. The Morgan fingerprint density at radius 3 is 2.67 bits per heavy atom. The van der Waals surface area contributed by atoms with Gasteiger partial charge in [-0.2, -0.15) is 0 Å². The number of nitrogens with zero attached hydrogens (tertiary/aromatic N) is 4. The van der Waals surface area contributed by atoms with Gasteiger partial charge in [-0.1, -0.05) is 13.3 Å². The highest BCUT2D eigenvalue weighted by Gasteiger charge is 2.25. The Morgan fingerprint density at radius 1 is 1.22 bits per heavy atom. The van der Waals surface area contributed by atoms with E-state index < -0.39 is 5.60 Å². The maximum atomic E-state index is 10.3. The molecule has 1 atom stereocenters. The predicted molar refractivity (Wildman–Crippen MR) is 111 cm³/mol. The SMILES string of the molecule is CCC(CCNc1nc(C)nc(C)c1-c1nc2cnccc2s1)C(C)(C)O. The molecule has 0 amide bonds. The first kappa shape index (κ1) is 19.6. The van der Waals surface area contributed by atoms with Crippen molar-refractivity contribution in [2.75, 3.05) is 11.9 Å². The number of aryl methyl sites for hydroxylation is 2. The van der Waals surface area contributed by atoms with E-state index in [1.807, 2.05) is 33.8 Å². The summed E-state index contributed by atoms with van der Waals surface area (Å²) in [5.41, 5.74) is 2.05. The molecule has 0 radical (unpaired) electrons. The minimum absolute atomic E-state index is 0.228. The van der Waals surface area contributed by atoms with Gasteiger partial charge in [0.25, 0.3) is 0 Å². The molecule has 3 aromatic heterocycles. The van der Waals surface area contributed by atoms with Gasteiger partial charge >= 0.3 is 0 Å². The van der Waals surface area contributed by atoms with Gasteiger partial charge in [0.05, 0.1) is 27.8 Å². The highest BCUT2D eigenvalue weighted by molar-refractivity contribution is 7.21. The van der Waals surface area contributed by atoms with Crippen molar-refractivity contribution in [2.24, 2.45) is 5.92 Å². The molecule has 0 bridgehead atoms. The van der Waals surface area contributed by atoms with E-state index in [2.05, 4.69) is 27.2 Å². The lowest BCUT2D eigenvalue weighted by Crippen LogP contribution is -2.31. The first-order valence-corrected chi connectivity index (χ1v) is 10.1. The number of pyridine rings is 1. The van der Waals surface area contributed by atoms with Crippen LogP contribution in [-0.2, 0) is 0 Å². The number of hydrogen-bond donors (Lipinski definition) is 2. The molecule has 7 heteroatoms. The predicted octanol–water partition coefficient (Wildman–Crippen LogP) is 4.36. The maximum absolute atomic E-state index is 10.3. The topological polar surface area (TPSA) is 83.8 Å². The Hall–Kier alpha value is -2.12. The summed E-state index contributed by atoms with van der Waals surface area (Å²) in [7, 11) is 0. The van der Waals surface area contributed by atoms with Crippen LogP contribution < -0.4 is 5.32 Å². The highest BCUT2D eigenvalue weighted by Crippen LogP contribution is 2.35. The van der Waals surface area contributed by atoms with E-state index in [0.717, 1.165) is 57.5 Å². The standard InChI is InChI=1S/C20H27N5OS/c1-6-14(20(4,5)26)7-10-22-18-17(12(2)23-13(3)24-18)19-25-15-11-21-9-8-16(15)27-19/h8-9,11,14,26H,6-7,10H2,1-5H3,(H,22,23,24). The van der Waals surface area contributed by atoms with Gasteiger partial charge in [-0.05, 0) is 46.1 Å². The Balaban J connectivity index is 1.89. The van der Waals surface area contributed by atoms with Crippen molar-refractivity contribution < 1.29 is 5.11 Å². The molecule has 0 aromatic carbocycles. The molecule has 0 fully saturated rings. The van der Waals surface area contributed by atoms with Crippen molar-refractivity contribution in [1.82, 2.24) is 19.9 Å². The monoisotopic (exact) mass is 385 g/mol.